The molecule has 3 aromatic rings. The fourth-order valence-electron chi connectivity index (χ4n) is 2.25. The Morgan fingerprint density at radius 2 is 1.67 bits per heavy atom. The largest absolute Gasteiger partial charge is 0.382 e. The molecule has 0 spiro atoms. The number of nitrogen functional groups attached to an aromatic ring is 1. The van der Waals surface area contributed by atoms with E-state index in [4.69, 9.17) is 5.73 Å². The van der Waals surface area contributed by atoms with Crippen LogP contribution >= 0.6 is 0 Å². The van der Waals surface area contributed by atoms with Crippen LogP contribution in [0.15, 0.2) is 54.6 Å². The zero-order valence-electron chi connectivity index (χ0n) is 12.4. The first-order chi connectivity index (χ1) is 11.6. The maximum atomic E-state index is 10.8. The molecule has 2 aromatic carbocycles. The van der Waals surface area contributed by atoms with E-state index in [9.17, 15) is 15.4 Å². The van der Waals surface area contributed by atoms with Crippen molar-refractivity contribution >= 4 is 11.5 Å². The van der Waals surface area contributed by atoms with E-state index in [1.807, 2.05) is 36.4 Å². The van der Waals surface area contributed by atoms with E-state index >= 15 is 0 Å². The zero-order chi connectivity index (χ0) is 17.1. The number of nitrogens with two attached hydrogens (primary N) is 1. The molecule has 0 unspecified atom stereocenters. The molecule has 0 saturated heterocycles. The van der Waals surface area contributed by atoms with Gasteiger partial charge in [0, 0.05) is 23.3 Å². The molecule has 116 valence electrons. The Morgan fingerprint density at radius 3 is 2.25 bits per heavy atom. The van der Waals surface area contributed by atoms with Gasteiger partial charge in [-0.05, 0) is 12.1 Å². The number of nitro groups is 1. The van der Waals surface area contributed by atoms with Crippen LogP contribution in [0.3, 0.4) is 0 Å². The molecule has 0 aliphatic rings. The average Bonchev–Trinajstić information content (AvgIpc) is 2.62. The van der Waals surface area contributed by atoms with Crippen LogP contribution in [-0.4, -0.2) is 14.9 Å². The molecule has 7 nitrogen and oxygen atoms in total. The molecule has 0 amide bonds. The van der Waals surface area contributed by atoms with Crippen LogP contribution in [0.5, 0.6) is 0 Å². The number of nitrogens with zero attached hydrogens (tertiary/aromatic N) is 4. The number of non-ortho nitro benzene ring substituents is 1. The van der Waals surface area contributed by atoms with E-state index < -0.39 is 4.92 Å². The topological polar surface area (TPSA) is 119 Å². The van der Waals surface area contributed by atoms with Gasteiger partial charge >= 0.3 is 0 Å². The van der Waals surface area contributed by atoms with Crippen LogP contribution in [0, 0.1) is 21.4 Å². The second-order valence-corrected chi connectivity index (χ2v) is 4.94. The Balaban J connectivity index is 2.17. The van der Waals surface area contributed by atoms with Crippen molar-refractivity contribution in [2.45, 2.75) is 0 Å². The fraction of sp³-hybridized carbons (Fsp3) is 0. The summed E-state index contributed by atoms with van der Waals surface area (Å²) in [5.41, 5.74) is 7.67. The van der Waals surface area contributed by atoms with E-state index in [1.165, 1.54) is 24.3 Å². The van der Waals surface area contributed by atoms with Gasteiger partial charge < -0.3 is 5.73 Å². The number of nitro benzene ring substituents is 1. The third-order valence-corrected chi connectivity index (χ3v) is 3.43. The van der Waals surface area contributed by atoms with Crippen LogP contribution < -0.4 is 5.73 Å². The number of nitriles is 1. The number of anilines is 1. The van der Waals surface area contributed by atoms with Gasteiger partial charge in [-0.2, -0.15) is 5.26 Å². The van der Waals surface area contributed by atoms with E-state index in [0.29, 0.717) is 17.1 Å². The van der Waals surface area contributed by atoms with Gasteiger partial charge in [-0.1, -0.05) is 30.3 Å². The number of aromatic nitrogens is 2. The summed E-state index contributed by atoms with van der Waals surface area (Å²) in [5.74, 6) is 0.458. The summed E-state index contributed by atoms with van der Waals surface area (Å²) in [4.78, 5) is 18.9. The number of hydrogen-bond donors (Lipinski definition) is 1. The predicted octanol–water partition coefficient (Wildman–Crippen LogP) is 3.17. The molecule has 0 atom stereocenters. The minimum atomic E-state index is -0.487. The standard InChI is InChI=1S/C17H11N5O2/c18-10-14-15(11-6-8-13(9-7-11)22(23)24)20-17(21-16(14)19)12-4-2-1-3-5-12/h1-9H,(H2,19,20,21). The van der Waals surface area contributed by atoms with Crippen molar-refractivity contribution in [3.8, 4) is 28.7 Å². The molecule has 24 heavy (non-hydrogen) atoms. The monoisotopic (exact) mass is 317 g/mol. The summed E-state index contributed by atoms with van der Waals surface area (Å²) in [6.07, 6.45) is 0. The van der Waals surface area contributed by atoms with E-state index in [0.717, 1.165) is 5.56 Å². The Morgan fingerprint density at radius 1 is 1.00 bits per heavy atom. The van der Waals surface area contributed by atoms with Gasteiger partial charge in [-0.15, -0.1) is 0 Å². The lowest BCUT2D eigenvalue weighted by molar-refractivity contribution is -0.384. The van der Waals surface area contributed by atoms with E-state index in [-0.39, 0.29) is 17.1 Å². The molecular weight excluding hydrogens is 306 g/mol. The molecule has 2 N–H and O–H groups in total. The van der Waals surface area contributed by atoms with Gasteiger partial charge in [-0.3, -0.25) is 10.1 Å². The Hall–Kier alpha value is -3.79. The zero-order valence-corrected chi connectivity index (χ0v) is 12.4. The second kappa shape index (κ2) is 6.14. The molecule has 0 saturated carbocycles. The third-order valence-electron chi connectivity index (χ3n) is 3.43. The van der Waals surface area contributed by atoms with Gasteiger partial charge in [0.2, 0.25) is 0 Å². The highest BCUT2D eigenvalue weighted by molar-refractivity contribution is 5.75. The SMILES string of the molecule is N#Cc1c(N)nc(-c2ccccc2)nc1-c1ccc([N+](=O)[O-])cc1. The lowest BCUT2D eigenvalue weighted by Gasteiger charge is -2.09. The summed E-state index contributed by atoms with van der Waals surface area (Å²) >= 11 is 0. The van der Waals surface area contributed by atoms with Crippen molar-refractivity contribution in [3.63, 3.8) is 0 Å². The normalized spacial score (nSPS) is 10.1. The number of hydrogen-bond acceptors (Lipinski definition) is 6. The lowest BCUT2D eigenvalue weighted by Crippen LogP contribution is -2.03. The van der Waals surface area contributed by atoms with Crippen molar-refractivity contribution in [2.75, 3.05) is 5.73 Å². The predicted molar refractivity (Wildman–Crippen MR) is 88.7 cm³/mol. The average molecular weight is 317 g/mol. The van der Waals surface area contributed by atoms with Crippen LogP contribution in [-0.2, 0) is 0 Å². The van der Waals surface area contributed by atoms with Crippen LogP contribution in [0.25, 0.3) is 22.6 Å². The Bertz CT molecular complexity index is 947. The van der Waals surface area contributed by atoms with Crippen LogP contribution in [0.2, 0.25) is 0 Å². The van der Waals surface area contributed by atoms with Gasteiger partial charge in [0.05, 0.1) is 10.6 Å². The molecule has 7 heteroatoms. The van der Waals surface area contributed by atoms with Crippen molar-refractivity contribution < 1.29 is 4.92 Å². The van der Waals surface area contributed by atoms with E-state index in [2.05, 4.69) is 9.97 Å². The van der Waals surface area contributed by atoms with Crippen LogP contribution in [0.4, 0.5) is 11.5 Å². The highest BCUT2D eigenvalue weighted by Gasteiger charge is 2.16. The van der Waals surface area contributed by atoms with Crippen molar-refractivity contribution in [2.24, 2.45) is 0 Å². The molecule has 0 aliphatic heterocycles. The third kappa shape index (κ3) is 2.76. The number of benzene rings is 2. The summed E-state index contributed by atoms with van der Waals surface area (Å²) in [5, 5.41) is 20.1. The quantitative estimate of drug-likeness (QED) is 0.585. The molecule has 0 fully saturated rings. The lowest BCUT2D eigenvalue weighted by atomic mass is 10.1. The smallest absolute Gasteiger partial charge is 0.269 e. The second-order valence-electron chi connectivity index (χ2n) is 4.94. The molecule has 1 aromatic heterocycles. The molecular formula is C17H11N5O2. The molecule has 0 bridgehead atoms. The minimum absolute atomic E-state index is 0.0393. The van der Waals surface area contributed by atoms with Gasteiger partial charge in [0.25, 0.3) is 5.69 Å². The molecule has 3 rings (SSSR count). The van der Waals surface area contributed by atoms with Gasteiger partial charge in [-0.25, -0.2) is 9.97 Å². The van der Waals surface area contributed by atoms with E-state index in [1.54, 1.807) is 0 Å². The first-order valence-electron chi connectivity index (χ1n) is 6.98. The van der Waals surface area contributed by atoms with Gasteiger partial charge in [0.15, 0.2) is 5.82 Å². The van der Waals surface area contributed by atoms with Crippen molar-refractivity contribution in [1.29, 1.82) is 5.26 Å². The van der Waals surface area contributed by atoms with Crippen LogP contribution in [0.1, 0.15) is 5.56 Å². The molecule has 1 heterocycles. The minimum Gasteiger partial charge on any atom is -0.382 e. The first kappa shape index (κ1) is 15.1. The molecule has 0 radical (unpaired) electrons. The highest BCUT2D eigenvalue weighted by atomic mass is 16.6. The van der Waals surface area contributed by atoms with Crippen molar-refractivity contribution in [1.82, 2.24) is 9.97 Å². The first-order valence-corrected chi connectivity index (χ1v) is 6.98. The Kier molecular flexibility index (Phi) is 3.87. The summed E-state index contributed by atoms with van der Waals surface area (Å²) in [6, 6.07) is 17.0. The summed E-state index contributed by atoms with van der Waals surface area (Å²) in [7, 11) is 0. The fourth-order valence-corrected chi connectivity index (χ4v) is 2.25. The summed E-state index contributed by atoms with van der Waals surface area (Å²) in [6.45, 7) is 0. The highest BCUT2D eigenvalue weighted by Crippen LogP contribution is 2.28. The number of rotatable bonds is 3. The molecule has 0 aliphatic carbocycles. The maximum Gasteiger partial charge on any atom is 0.269 e. The summed E-state index contributed by atoms with van der Waals surface area (Å²) < 4.78 is 0. The van der Waals surface area contributed by atoms with Crippen molar-refractivity contribution in [3.05, 3.63) is 70.3 Å². The Labute approximate surface area is 137 Å². The maximum absolute atomic E-state index is 10.8. The van der Waals surface area contributed by atoms with Gasteiger partial charge in [0.1, 0.15) is 17.5 Å².